The first-order chi connectivity index (χ1) is 9.86. The molecule has 1 aromatic rings. The van der Waals surface area contributed by atoms with Crippen molar-refractivity contribution in [1.29, 1.82) is 0 Å². The van der Waals surface area contributed by atoms with Crippen LogP contribution in [0.25, 0.3) is 0 Å². The Kier molecular flexibility index (Phi) is 6.80. The molecule has 1 N–H and O–H groups in total. The van der Waals surface area contributed by atoms with Crippen molar-refractivity contribution in [1.82, 2.24) is 0 Å². The highest BCUT2D eigenvalue weighted by Gasteiger charge is 2.20. The number of rotatable bonds is 8. The van der Waals surface area contributed by atoms with Gasteiger partial charge in [0.15, 0.2) is 9.84 Å². The van der Waals surface area contributed by atoms with Gasteiger partial charge in [-0.2, -0.15) is 0 Å². The summed E-state index contributed by atoms with van der Waals surface area (Å²) >= 11 is 0. The molecule has 6 nitrogen and oxygen atoms in total. The number of benzene rings is 1. The number of esters is 1. The molecule has 118 valence electrons. The van der Waals surface area contributed by atoms with Gasteiger partial charge in [-0.15, -0.1) is 0 Å². The van der Waals surface area contributed by atoms with Gasteiger partial charge in [-0.25, -0.2) is 8.42 Å². The number of sulfone groups is 1. The van der Waals surface area contributed by atoms with Crippen LogP contribution in [-0.4, -0.2) is 45.1 Å². The smallest absolute Gasteiger partial charge is 0.321 e. The predicted molar refractivity (Wildman–Crippen MR) is 77.3 cm³/mol. The topological polar surface area (TPSA) is 89.9 Å². The second kappa shape index (κ2) is 8.11. The van der Waals surface area contributed by atoms with E-state index in [4.69, 9.17) is 14.6 Å². The average Bonchev–Trinajstić information content (AvgIpc) is 2.37. The van der Waals surface area contributed by atoms with Crippen molar-refractivity contribution in [2.45, 2.75) is 25.4 Å². The second-order valence-electron chi connectivity index (χ2n) is 4.77. The van der Waals surface area contributed by atoms with Gasteiger partial charge in [0.25, 0.3) is 0 Å². The molecule has 1 aromatic carbocycles. The Balaban J connectivity index is 2.62. The van der Waals surface area contributed by atoms with E-state index >= 15 is 0 Å². The van der Waals surface area contributed by atoms with E-state index in [0.29, 0.717) is 11.1 Å². The Morgan fingerprint density at radius 2 is 2.00 bits per heavy atom. The fourth-order valence-corrected chi connectivity index (χ4v) is 3.05. The van der Waals surface area contributed by atoms with Gasteiger partial charge >= 0.3 is 5.97 Å². The molecule has 21 heavy (non-hydrogen) atoms. The van der Waals surface area contributed by atoms with E-state index < -0.39 is 27.7 Å². The first-order valence-corrected chi connectivity index (χ1v) is 8.26. The number of carbonyl (C=O) groups is 1. The quantitative estimate of drug-likeness (QED) is 0.709. The largest absolute Gasteiger partial charge is 0.459 e. The molecule has 1 unspecified atom stereocenters. The maximum atomic E-state index is 12.0. The monoisotopic (exact) mass is 316 g/mol. The Bertz CT molecular complexity index is 567. The van der Waals surface area contributed by atoms with Crippen LogP contribution in [0.4, 0.5) is 0 Å². The molecule has 0 radical (unpaired) electrons. The predicted octanol–water partition coefficient (Wildman–Crippen LogP) is 0.672. The van der Waals surface area contributed by atoms with E-state index in [0.717, 1.165) is 0 Å². The van der Waals surface area contributed by atoms with Crippen molar-refractivity contribution in [2.75, 3.05) is 19.5 Å². The van der Waals surface area contributed by atoms with E-state index in [1.54, 1.807) is 31.2 Å². The molecule has 0 heterocycles. The van der Waals surface area contributed by atoms with Gasteiger partial charge in [0.05, 0.1) is 19.0 Å². The molecule has 0 amide bonds. The van der Waals surface area contributed by atoms with Crippen molar-refractivity contribution in [3.8, 4) is 0 Å². The van der Waals surface area contributed by atoms with E-state index in [-0.39, 0.29) is 19.0 Å². The molecule has 7 heteroatoms. The van der Waals surface area contributed by atoms with Crippen LogP contribution in [0.3, 0.4) is 0 Å². The van der Waals surface area contributed by atoms with Crippen molar-refractivity contribution in [3.63, 3.8) is 0 Å². The lowest BCUT2D eigenvalue weighted by Crippen LogP contribution is -2.26. The van der Waals surface area contributed by atoms with Crippen molar-refractivity contribution >= 4 is 15.8 Å². The lowest BCUT2D eigenvalue weighted by atomic mass is 10.1. The lowest BCUT2D eigenvalue weighted by Gasteiger charge is -2.12. The molecule has 0 aliphatic carbocycles. The Morgan fingerprint density at radius 1 is 1.33 bits per heavy atom. The molecule has 0 aliphatic heterocycles. The summed E-state index contributed by atoms with van der Waals surface area (Å²) in [5.74, 6) is -1.74. The summed E-state index contributed by atoms with van der Waals surface area (Å²) in [6.45, 7) is 1.67. The highest BCUT2D eigenvalue weighted by Crippen LogP contribution is 2.10. The number of methoxy groups -OCH3 is 1. The molecular formula is C14H20O6S. The van der Waals surface area contributed by atoms with Crippen LogP contribution in [0.1, 0.15) is 18.1 Å². The summed E-state index contributed by atoms with van der Waals surface area (Å²) in [5.41, 5.74) is 1.15. The number of carbonyl (C=O) groups excluding carboxylic acids is 1. The Morgan fingerprint density at radius 3 is 2.62 bits per heavy atom. The number of aliphatic hydroxyl groups excluding tert-OH is 1. The van der Waals surface area contributed by atoms with Crippen LogP contribution in [0.5, 0.6) is 0 Å². The number of aliphatic hydroxyl groups is 1. The summed E-state index contributed by atoms with van der Waals surface area (Å²) in [7, 11) is -2.15. The molecule has 0 fully saturated rings. The normalized spacial score (nSPS) is 12.9. The number of hydrogen-bond acceptors (Lipinski definition) is 6. The number of hydrogen-bond donors (Lipinski definition) is 1. The molecule has 1 atom stereocenters. The second-order valence-corrected chi connectivity index (χ2v) is 6.83. The SMILES string of the molecule is COCC(C)OC(=O)CS(=O)(=O)Cc1cccc(CO)c1. The third-order valence-corrected chi connectivity index (χ3v) is 4.08. The standard InChI is InChI=1S/C14H20O6S/c1-11(8-19-2)20-14(16)10-21(17,18)9-13-5-3-4-12(6-13)7-15/h3-6,11,15H,7-10H2,1-2H3. The summed E-state index contributed by atoms with van der Waals surface area (Å²) < 4.78 is 33.6. The van der Waals surface area contributed by atoms with E-state index in [9.17, 15) is 13.2 Å². The van der Waals surface area contributed by atoms with E-state index in [1.165, 1.54) is 7.11 Å². The van der Waals surface area contributed by atoms with Crippen LogP contribution in [-0.2, 0) is 36.5 Å². The average molecular weight is 316 g/mol. The number of ether oxygens (including phenoxy) is 2. The van der Waals surface area contributed by atoms with E-state index in [2.05, 4.69) is 0 Å². The minimum atomic E-state index is -3.62. The van der Waals surface area contributed by atoms with Crippen LogP contribution in [0.2, 0.25) is 0 Å². The lowest BCUT2D eigenvalue weighted by molar-refractivity contribution is -0.147. The minimum absolute atomic E-state index is 0.162. The van der Waals surface area contributed by atoms with Gasteiger partial charge in [0, 0.05) is 7.11 Å². The molecule has 0 saturated carbocycles. The van der Waals surface area contributed by atoms with Gasteiger partial charge in [0.2, 0.25) is 0 Å². The maximum absolute atomic E-state index is 12.0. The third kappa shape index (κ3) is 6.70. The van der Waals surface area contributed by atoms with Crippen LogP contribution >= 0.6 is 0 Å². The first-order valence-electron chi connectivity index (χ1n) is 6.44. The summed E-state index contributed by atoms with van der Waals surface area (Å²) in [6.07, 6.45) is -0.490. The zero-order valence-electron chi connectivity index (χ0n) is 12.1. The summed E-state index contributed by atoms with van der Waals surface area (Å²) in [5, 5.41) is 9.02. The molecule has 0 bridgehead atoms. The molecule has 0 spiro atoms. The van der Waals surface area contributed by atoms with Gasteiger partial charge in [0.1, 0.15) is 11.9 Å². The summed E-state index contributed by atoms with van der Waals surface area (Å²) in [4.78, 5) is 11.6. The van der Waals surface area contributed by atoms with E-state index in [1.807, 2.05) is 0 Å². The van der Waals surface area contributed by atoms with Crippen LogP contribution < -0.4 is 0 Å². The van der Waals surface area contributed by atoms with Gasteiger partial charge in [-0.3, -0.25) is 4.79 Å². The van der Waals surface area contributed by atoms with Crippen molar-refractivity contribution in [3.05, 3.63) is 35.4 Å². The van der Waals surface area contributed by atoms with Crippen molar-refractivity contribution in [2.24, 2.45) is 0 Å². The molecule has 0 saturated heterocycles. The van der Waals surface area contributed by atoms with Crippen molar-refractivity contribution < 1.29 is 27.8 Å². The fraction of sp³-hybridized carbons (Fsp3) is 0.500. The fourth-order valence-electron chi connectivity index (χ4n) is 1.83. The first kappa shape index (κ1) is 17.6. The van der Waals surface area contributed by atoms with Crippen LogP contribution in [0.15, 0.2) is 24.3 Å². The molecule has 1 rings (SSSR count). The minimum Gasteiger partial charge on any atom is -0.459 e. The summed E-state index contributed by atoms with van der Waals surface area (Å²) in [6, 6.07) is 6.58. The Labute approximate surface area is 124 Å². The Hall–Kier alpha value is -1.44. The molecule has 0 aromatic heterocycles. The van der Waals surface area contributed by atoms with Gasteiger partial charge in [-0.1, -0.05) is 24.3 Å². The zero-order valence-corrected chi connectivity index (χ0v) is 12.9. The third-order valence-electron chi connectivity index (χ3n) is 2.63. The van der Waals surface area contributed by atoms with Gasteiger partial charge in [-0.05, 0) is 18.1 Å². The molecule has 0 aliphatic rings. The molecular weight excluding hydrogens is 296 g/mol. The van der Waals surface area contributed by atoms with Gasteiger partial charge < -0.3 is 14.6 Å². The highest BCUT2D eigenvalue weighted by molar-refractivity contribution is 7.91. The zero-order chi connectivity index (χ0) is 15.9. The van der Waals surface area contributed by atoms with Crippen LogP contribution in [0, 0.1) is 0 Å². The highest BCUT2D eigenvalue weighted by atomic mass is 32.2. The maximum Gasteiger partial charge on any atom is 0.321 e.